The van der Waals surface area contributed by atoms with E-state index in [4.69, 9.17) is 0 Å². The topological polar surface area (TPSA) is 35.5 Å². The fraction of sp³-hybridized carbons (Fsp3) is 1.00. The van der Waals surface area contributed by atoms with E-state index >= 15 is 0 Å². The molecule has 2 N–H and O–H groups in total. The molecule has 1 heterocycles. The molecule has 0 aromatic rings. The Labute approximate surface area is 131 Å². The van der Waals surface area contributed by atoms with Gasteiger partial charge >= 0.3 is 0 Å². The molecule has 1 saturated carbocycles. The molecule has 3 atom stereocenters. The lowest BCUT2D eigenvalue weighted by Gasteiger charge is -2.46. The summed E-state index contributed by atoms with van der Waals surface area (Å²) >= 11 is 0. The fourth-order valence-electron chi connectivity index (χ4n) is 4.48. The van der Waals surface area contributed by atoms with Crippen LogP contribution in [0.3, 0.4) is 0 Å². The number of nitrogens with zero attached hydrogens (tertiary/aromatic N) is 1. The van der Waals surface area contributed by atoms with Crippen molar-refractivity contribution in [3.63, 3.8) is 0 Å². The number of hydrogen-bond acceptors (Lipinski definition) is 3. The molecule has 1 aliphatic heterocycles. The molecule has 0 amide bonds. The Morgan fingerprint density at radius 1 is 1.29 bits per heavy atom. The summed E-state index contributed by atoms with van der Waals surface area (Å²) in [7, 11) is 0. The van der Waals surface area contributed by atoms with E-state index in [9.17, 15) is 5.11 Å². The Morgan fingerprint density at radius 2 is 2.05 bits per heavy atom. The monoisotopic (exact) mass is 296 g/mol. The molecule has 0 bridgehead atoms. The van der Waals surface area contributed by atoms with Gasteiger partial charge in [0.15, 0.2) is 0 Å². The average Bonchev–Trinajstić information content (AvgIpc) is 2.35. The third kappa shape index (κ3) is 5.22. The molecule has 2 rings (SSSR count). The maximum atomic E-state index is 10.4. The zero-order valence-corrected chi connectivity index (χ0v) is 14.6. The number of nitrogens with one attached hydrogen (secondary N) is 1. The standard InChI is InChI=1S/C18H36N2O/c1-15(2)19-12-18(9-5-7-16(3)11-18)14-20-10-6-8-17(4,21)13-20/h15-16,19,21H,5-14H2,1-4H3. The van der Waals surface area contributed by atoms with Crippen LogP contribution in [0, 0.1) is 11.3 Å². The van der Waals surface area contributed by atoms with E-state index in [-0.39, 0.29) is 0 Å². The minimum Gasteiger partial charge on any atom is -0.389 e. The van der Waals surface area contributed by atoms with Gasteiger partial charge < -0.3 is 10.4 Å². The van der Waals surface area contributed by atoms with Crippen molar-refractivity contribution in [3.05, 3.63) is 0 Å². The van der Waals surface area contributed by atoms with E-state index in [1.165, 1.54) is 25.7 Å². The summed E-state index contributed by atoms with van der Waals surface area (Å²) in [5.41, 5.74) is -0.0689. The van der Waals surface area contributed by atoms with Crippen LogP contribution in [-0.2, 0) is 0 Å². The maximum absolute atomic E-state index is 10.4. The summed E-state index contributed by atoms with van der Waals surface area (Å²) < 4.78 is 0. The van der Waals surface area contributed by atoms with Gasteiger partial charge in [0.1, 0.15) is 0 Å². The number of aliphatic hydroxyl groups is 1. The van der Waals surface area contributed by atoms with Gasteiger partial charge in [-0.05, 0) is 50.5 Å². The van der Waals surface area contributed by atoms with Crippen LogP contribution in [0.25, 0.3) is 0 Å². The Hall–Kier alpha value is -0.120. The highest BCUT2D eigenvalue weighted by Crippen LogP contribution is 2.40. The van der Waals surface area contributed by atoms with Crippen molar-refractivity contribution in [1.29, 1.82) is 0 Å². The van der Waals surface area contributed by atoms with E-state index in [0.717, 1.165) is 44.9 Å². The van der Waals surface area contributed by atoms with Gasteiger partial charge in [-0.15, -0.1) is 0 Å². The molecule has 3 nitrogen and oxygen atoms in total. The van der Waals surface area contributed by atoms with E-state index < -0.39 is 5.60 Å². The number of rotatable bonds is 5. The largest absolute Gasteiger partial charge is 0.389 e. The predicted octanol–water partition coefficient (Wildman–Crippen LogP) is 3.03. The molecule has 2 aliphatic rings. The molecule has 2 fully saturated rings. The van der Waals surface area contributed by atoms with E-state index in [1.54, 1.807) is 0 Å². The van der Waals surface area contributed by atoms with Crippen molar-refractivity contribution in [1.82, 2.24) is 10.2 Å². The first-order valence-corrected chi connectivity index (χ1v) is 8.98. The van der Waals surface area contributed by atoms with Crippen molar-refractivity contribution >= 4 is 0 Å². The van der Waals surface area contributed by atoms with Gasteiger partial charge in [-0.3, -0.25) is 4.90 Å². The molecule has 0 spiro atoms. The van der Waals surface area contributed by atoms with Gasteiger partial charge in [-0.25, -0.2) is 0 Å². The highest BCUT2D eigenvalue weighted by atomic mass is 16.3. The van der Waals surface area contributed by atoms with Crippen molar-refractivity contribution < 1.29 is 5.11 Å². The molecule has 0 radical (unpaired) electrons. The molecular weight excluding hydrogens is 260 g/mol. The van der Waals surface area contributed by atoms with Crippen LogP contribution in [0.4, 0.5) is 0 Å². The second-order valence-corrected chi connectivity index (χ2v) is 8.55. The van der Waals surface area contributed by atoms with E-state index in [2.05, 4.69) is 31.0 Å². The first-order valence-electron chi connectivity index (χ1n) is 8.98. The van der Waals surface area contributed by atoms with Crippen LogP contribution in [0.1, 0.15) is 66.2 Å². The molecule has 21 heavy (non-hydrogen) atoms. The van der Waals surface area contributed by atoms with Gasteiger partial charge in [0, 0.05) is 25.7 Å². The van der Waals surface area contributed by atoms with Crippen LogP contribution in [0.2, 0.25) is 0 Å². The summed E-state index contributed by atoms with van der Waals surface area (Å²) in [4.78, 5) is 2.53. The summed E-state index contributed by atoms with van der Waals surface area (Å²) in [5, 5.41) is 14.1. The predicted molar refractivity (Wildman–Crippen MR) is 89.5 cm³/mol. The lowest BCUT2D eigenvalue weighted by Crippen LogP contribution is -2.53. The van der Waals surface area contributed by atoms with Gasteiger partial charge in [0.2, 0.25) is 0 Å². The Balaban J connectivity index is 2.01. The quantitative estimate of drug-likeness (QED) is 0.818. The van der Waals surface area contributed by atoms with Gasteiger partial charge in [0.25, 0.3) is 0 Å². The zero-order chi connectivity index (χ0) is 15.5. The second kappa shape index (κ2) is 6.97. The molecule has 0 aromatic heterocycles. The van der Waals surface area contributed by atoms with Crippen LogP contribution < -0.4 is 5.32 Å². The Bertz CT molecular complexity index is 329. The van der Waals surface area contributed by atoms with Crippen LogP contribution in [-0.4, -0.2) is 47.8 Å². The lowest BCUT2D eigenvalue weighted by atomic mass is 9.69. The highest BCUT2D eigenvalue weighted by molar-refractivity contribution is 4.93. The molecule has 3 unspecified atom stereocenters. The Kier molecular flexibility index (Phi) is 5.72. The lowest BCUT2D eigenvalue weighted by molar-refractivity contribution is -0.0357. The van der Waals surface area contributed by atoms with E-state index in [0.29, 0.717) is 11.5 Å². The van der Waals surface area contributed by atoms with Crippen molar-refractivity contribution in [2.24, 2.45) is 11.3 Å². The molecule has 0 aromatic carbocycles. The minimum atomic E-state index is -0.481. The van der Waals surface area contributed by atoms with E-state index in [1.807, 2.05) is 6.92 Å². The van der Waals surface area contributed by atoms with Crippen LogP contribution in [0.15, 0.2) is 0 Å². The third-order valence-electron chi connectivity index (χ3n) is 5.38. The summed E-state index contributed by atoms with van der Waals surface area (Å²) in [5.74, 6) is 0.845. The molecule has 124 valence electrons. The van der Waals surface area contributed by atoms with Crippen molar-refractivity contribution in [3.8, 4) is 0 Å². The maximum Gasteiger partial charge on any atom is 0.0746 e. The van der Waals surface area contributed by atoms with Gasteiger partial charge in [0.05, 0.1) is 5.60 Å². The third-order valence-corrected chi connectivity index (χ3v) is 5.38. The molecule has 1 aliphatic carbocycles. The SMILES string of the molecule is CC1CCCC(CNC(C)C)(CN2CCCC(C)(O)C2)C1. The Morgan fingerprint density at radius 3 is 2.67 bits per heavy atom. The number of hydrogen-bond donors (Lipinski definition) is 2. The first-order chi connectivity index (χ1) is 9.80. The minimum absolute atomic E-state index is 0.412. The van der Waals surface area contributed by atoms with Crippen molar-refractivity contribution in [2.45, 2.75) is 77.9 Å². The van der Waals surface area contributed by atoms with Crippen molar-refractivity contribution in [2.75, 3.05) is 26.2 Å². The van der Waals surface area contributed by atoms with Gasteiger partial charge in [-0.2, -0.15) is 0 Å². The van der Waals surface area contributed by atoms with Crippen LogP contribution >= 0.6 is 0 Å². The number of piperidine rings is 1. The molecule has 1 saturated heterocycles. The normalized spacial score (nSPS) is 38.9. The smallest absolute Gasteiger partial charge is 0.0746 e. The van der Waals surface area contributed by atoms with Gasteiger partial charge in [-0.1, -0.05) is 33.6 Å². The highest BCUT2D eigenvalue weighted by Gasteiger charge is 2.38. The summed E-state index contributed by atoms with van der Waals surface area (Å²) in [6.07, 6.45) is 7.53. The summed E-state index contributed by atoms with van der Waals surface area (Å²) in [6.45, 7) is 13.2. The fourth-order valence-corrected chi connectivity index (χ4v) is 4.48. The number of likely N-dealkylation sites (tertiary alicyclic amines) is 1. The summed E-state index contributed by atoms with van der Waals surface area (Å²) in [6, 6.07) is 0.559. The second-order valence-electron chi connectivity index (χ2n) is 8.55. The molecular formula is C18H36N2O. The number of β-amino-alcohol motifs (C(OH)–C–C–N with tert-alkyl or cyclic N) is 1. The average molecular weight is 296 g/mol. The zero-order valence-electron chi connectivity index (χ0n) is 14.6. The van der Waals surface area contributed by atoms with Crippen LogP contribution in [0.5, 0.6) is 0 Å². The first kappa shape index (κ1) is 17.2. The molecule has 3 heteroatoms.